The summed E-state index contributed by atoms with van der Waals surface area (Å²) >= 11 is 0. The van der Waals surface area contributed by atoms with Gasteiger partial charge in [0.1, 0.15) is 0 Å². The SMILES string of the molecule is CCc1cccc(N2CC(CC(C)C)NCC2C)c1. The fraction of sp³-hybridized carbons (Fsp3) is 0.647. The summed E-state index contributed by atoms with van der Waals surface area (Å²) in [4.78, 5) is 2.57. The lowest BCUT2D eigenvalue weighted by atomic mass is 9.99. The minimum absolute atomic E-state index is 0.579. The number of hydrogen-bond donors (Lipinski definition) is 1. The summed E-state index contributed by atoms with van der Waals surface area (Å²) in [5.41, 5.74) is 2.82. The van der Waals surface area contributed by atoms with E-state index in [1.165, 1.54) is 17.7 Å². The first-order valence-electron chi connectivity index (χ1n) is 7.69. The normalized spacial score (nSPS) is 23.9. The fourth-order valence-corrected chi connectivity index (χ4v) is 2.97. The van der Waals surface area contributed by atoms with Gasteiger partial charge in [0.25, 0.3) is 0 Å². The van der Waals surface area contributed by atoms with E-state index in [0.717, 1.165) is 25.4 Å². The van der Waals surface area contributed by atoms with E-state index < -0.39 is 0 Å². The van der Waals surface area contributed by atoms with E-state index >= 15 is 0 Å². The van der Waals surface area contributed by atoms with Crippen molar-refractivity contribution in [1.29, 1.82) is 0 Å². The standard InChI is InChI=1S/C17H28N2/c1-5-15-7-6-8-17(10-15)19-12-16(9-13(2)3)18-11-14(19)4/h6-8,10,13-14,16,18H,5,9,11-12H2,1-4H3. The van der Waals surface area contributed by atoms with E-state index in [0.29, 0.717) is 12.1 Å². The highest BCUT2D eigenvalue weighted by molar-refractivity contribution is 5.50. The van der Waals surface area contributed by atoms with Crippen LogP contribution >= 0.6 is 0 Å². The van der Waals surface area contributed by atoms with Crippen LogP contribution in [0.15, 0.2) is 24.3 Å². The summed E-state index contributed by atoms with van der Waals surface area (Å²) in [6, 6.07) is 10.2. The van der Waals surface area contributed by atoms with Crippen molar-refractivity contribution >= 4 is 5.69 Å². The molecule has 1 aliphatic heterocycles. The molecule has 0 aromatic heterocycles. The lowest BCUT2D eigenvalue weighted by Gasteiger charge is -2.41. The predicted molar refractivity (Wildman–Crippen MR) is 83.9 cm³/mol. The lowest BCUT2D eigenvalue weighted by Crippen LogP contribution is -2.56. The van der Waals surface area contributed by atoms with E-state index in [1.54, 1.807) is 0 Å². The van der Waals surface area contributed by atoms with Crippen LogP contribution in [-0.4, -0.2) is 25.2 Å². The van der Waals surface area contributed by atoms with Gasteiger partial charge in [0, 0.05) is 30.9 Å². The number of anilines is 1. The minimum atomic E-state index is 0.579. The zero-order valence-corrected chi connectivity index (χ0v) is 12.8. The van der Waals surface area contributed by atoms with Crippen LogP contribution in [-0.2, 0) is 6.42 Å². The number of nitrogens with one attached hydrogen (secondary N) is 1. The van der Waals surface area contributed by atoms with Crippen LogP contribution in [0.4, 0.5) is 5.69 Å². The second kappa shape index (κ2) is 6.42. The van der Waals surface area contributed by atoms with Crippen LogP contribution in [0.5, 0.6) is 0 Å². The van der Waals surface area contributed by atoms with Gasteiger partial charge in [0.2, 0.25) is 0 Å². The molecule has 2 rings (SSSR count). The molecule has 1 saturated heterocycles. The zero-order chi connectivity index (χ0) is 13.8. The highest BCUT2D eigenvalue weighted by atomic mass is 15.2. The Hall–Kier alpha value is -1.02. The lowest BCUT2D eigenvalue weighted by molar-refractivity contribution is 0.356. The van der Waals surface area contributed by atoms with Crippen LogP contribution in [0.2, 0.25) is 0 Å². The molecule has 2 unspecified atom stereocenters. The van der Waals surface area contributed by atoms with Crippen LogP contribution in [0, 0.1) is 5.92 Å². The van der Waals surface area contributed by atoms with Gasteiger partial charge in [-0.3, -0.25) is 0 Å². The first kappa shape index (κ1) is 14.4. The average Bonchev–Trinajstić information content (AvgIpc) is 2.40. The molecule has 0 saturated carbocycles. The Morgan fingerprint density at radius 1 is 1.37 bits per heavy atom. The van der Waals surface area contributed by atoms with Gasteiger partial charge in [-0.2, -0.15) is 0 Å². The van der Waals surface area contributed by atoms with Gasteiger partial charge >= 0.3 is 0 Å². The molecule has 2 heteroatoms. The zero-order valence-electron chi connectivity index (χ0n) is 12.8. The molecule has 1 N–H and O–H groups in total. The van der Waals surface area contributed by atoms with Crippen LogP contribution in [0.25, 0.3) is 0 Å². The molecule has 106 valence electrons. The molecular formula is C17H28N2. The molecule has 1 aromatic rings. The van der Waals surface area contributed by atoms with E-state index in [1.807, 2.05) is 0 Å². The third kappa shape index (κ3) is 3.73. The molecule has 2 atom stereocenters. The number of hydrogen-bond acceptors (Lipinski definition) is 2. The summed E-state index contributed by atoms with van der Waals surface area (Å²) in [5.74, 6) is 0.759. The van der Waals surface area contributed by atoms with E-state index in [-0.39, 0.29) is 0 Å². The van der Waals surface area contributed by atoms with Crippen molar-refractivity contribution in [2.45, 2.75) is 52.6 Å². The molecule has 0 amide bonds. The number of benzene rings is 1. The average molecular weight is 260 g/mol. The Bertz CT molecular complexity index is 400. The van der Waals surface area contributed by atoms with Gasteiger partial charge in [0.05, 0.1) is 0 Å². The Labute approximate surface area is 118 Å². The second-order valence-electron chi connectivity index (χ2n) is 6.26. The third-order valence-corrected chi connectivity index (χ3v) is 4.06. The predicted octanol–water partition coefficient (Wildman–Crippen LogP) is 3.46. The molecule has 2 nitrogen and oxygen atoms in total. The van der Waals surface area contributed by atoms with Crippen molar-refractivity contribution in [2.24, 2.45) is 5.92 Å². The number of rotatable bonds is 4. The summed E-state index contributed by atoms with van der Waals surface area (Å²) in [6.07, 6.45) is 2.38. The van der Waals surface area contributed by atoms with Crippen molar-refractivity contribution in [2.75, 3.05) is 18.0 Å². The Morgan fingerprint density at radius 3 is 2.84 bits per heavy atom. The Morgan fingerprint density at radius 2 is 2.16 bits per heavy atom. The quantitative estimate of drug-likeness (QED) is 0.892. The van der Waals surface area contributed by atoms with Crippen molar-refractivity contribution in [1.82, 2.24) is 5.32 Å². The molecular weight excluding hydrogens is 232 g/mol. The maximum absolute atomic E-state index is 3.69. The van der Waals surface area contributed by atoms with Gasteiger partial charge in [0.15, 0.2) is 0 Å². The summed E-state index contributed by atoms with van der Waals surface area (Å²) in [5, 5.41) is 3.69. The van der Waals surface area contributed by atoms with Gasteiger partial charge < -0.3 is 10.2 Å². The number of nitrogens with zero attached hydrogens (tertiary/aromatic N) is 1. The van der Waals surface area contributed by atoms with Gasteiger partial charge in [-0.25, -0.2) is 0 Å². The fourth-order valence-electron chi connectivity index (χ4n) is 2.97. The molecule has 1 aliphatic rings. The van der Waals surface area contributed by atoms with Crippen LogP contribution in [0.3, 0.4) is 0 Å². The smallest absolute Gasteiger partial charge is 0.0387 e. The van der Waals surface area contributed by atoms with Gasteiger partial charge in [-0.05, 0) is 43.4 Å². The molecule has 1 fully saturated rings. The summed E-state index contributed by atoms with van der Waals surface area (Å²) < 4.78 is 0. The monoisotopic (exact) mass is 260 g/mol. The number of piperazine rings is 1. The van der Waals surface area contributed by atoms with Crippen molar-refractivity contribution in [3.05, 3.63) is 29.8 Å². The highest BCUT2D eigenvalue weighted by Gasteiger charge is 2.25. The maximum atomic E-state index is 3.69. The van der Waals surface area contributed by atoms with Crippen molar-refractivity contribution in [3.8, 4) is 0 Å². The van der Waals surface area contributed by atoms with Crippen molar-refractivity contribution < 1.29 is 0 Å². The molecule has 0 spiro atoms. The first-order valence-corrected chi connectivity index (χ1v) is 7.69. The van der Waals surface area contributed by atoms with Gasteiger partial charge in [-0.1, -0.05) is 32.9 Å². The molecule has 19 heavy (non-hydrogen) atoms. The molecule has 1 heterocycles. The van der Waals surface area contributed by atoms with Gasteiger partial charge in [-0.15, -0.1) is 0 Å². The first-order chi connectivity index (χ1) is 9.10. The molecule has 0 bridgehead atoms. The third-order valence-electron chi connectivity index (χ3n) is 4.06. The maximum Gasteiger partial charge on any atom is 0.0387 e. The van der Waals surface area contributed by atoms with Crippen molar-refractivity contribution in [3.63, 3.8) is 0 Å². The Kier molecular flexibility index (Phi) is 4.87. The minimum Gasteiger partial charge on any atom is -0.366 e. The van der Waals surface area contributed by atoms with Crippen LogP contribution in [0.1, 0.15) is 39.7 Å². The molecule has 1 aromatic carbocycles. The van der Waals surface area contributed by atoms with E-state index in [2.05, 4.69) is 62.2 Å². The molecule has 0 radical (unpaired) electrons. The topological polar surface area (TPSA) is 15.3 Å². The highest BCUT2D eigenvalue weighted by Crippen LogP contribution is 2.23. The van der Waals surface area contributed by atoms with E-state index in [4.69, 9.17) is 0 Å². The molecule has 0 aliphatic carbocycles. The summed E-state index contributed by atoms with van der Waals surface area (Å²) in [6.45, 7) is 11.4. The summed E-state index contributed by atoms with van der Waals surface area (Å²) in [7, 11) is 0. The van der Waals surface area contributed by atoms with Crippen LogP contribution < -0.4 is 10.2 Å². The largest absolute Gasteiger partial charge is 0.366 e. The second-order valence-corrected chi connectivity index (χ2v) is 6.26. The number of aryl methyl sites for hydroxylation is 1. The van der Waals surface area contributed by atoms with E-state index in [9.17, 15) is 0 Å². The Balaban J connectivity index is 2.11.